The molecule has 0 fully saturated rings. The molecular formula is C25H21FN2O3. The molecule has 0 aliphatic carbocycles. The number of carbonyl (C=O) groups excluding carboxylic acids is 2. The Morgan fingerprint density at radius 2 is 1.65 bits per heavy atom. The van der Waals surface area contributed by atoms with E-state index in [4.69, 9.17) is 4.74 Å². The van der Waals surface area contributed by atoms with Gasteiger partial charge in [0.1, 0.15) is 17.3 Å². The van der Waals surface area contributed by atoms with Gasteiger partial charge in [0.25, 0.3) is 11.8 Å². The number of anilines is 2. The van der Waals surface area contributed by atoms with Gasteiger partial charge in [0.2, 0.25) is 0 Å². The van der Waals surface area contributed by atoms with Crippen LogP contribution < -0.4 is 15.0 Å². The molecule has 6 heteroatoms. The molecule has 156 valence electrons. The van der Waals surface area contributed by atoms with E-state index in [0.717, 1.165) is 10.5 Å². The maximum absolute atomic E-state index is 13.7. The van der Waals surface area contributed by atoms with Crippen molar-refractivity contribution in [3.05, 3.63) is 95.4 Å². The number of imide groups is 1. The zero-order chi connectivity index (χ0) is 22.0. The molecule has 3 aromatic rings. The van der Waals surface area contributed by atoms with Gasteiger partial charge in [-0.25, -0.2) is 9.29 Å². The van der Waals surface area contributed by atoms with Crippen LogP contribution in [0.1, 0.15) is 18.1 Å². The standard InChI is InChI=1S/C25H21FN2O3/c1-3-31-21-13-11-20(12-14-21)28-24(29)22(17-9-7-16(2)8-10-17)23(25(28)30)27-19-6-4-5-18(26)15-19/h4-15,27H,3H2,1-2H3. The average Bonchev–Trinajstić information content (AvgIpc) is 2.99. The van der Waals surface area contributed by atoms with Crippen LogP contribution in [0.25, 0.3) is 5.57 Å². The van der Waals surface area contributed by atoms with Crippen LogP contribution >= 0.6 is 0 Å². The molecule has 1 heterocycles. The minimum Gasteiger partial charge on any atom is -0.494 e. The highest BCUT2D eigenvalue weighted by Gasteiger charge is 2.40. The van der Waals surface area contributed by atoms with Crippen LogP contribution in [0.3, 0.4) is 0 Å². The number of rotatable bonds is 6. The maximum atomic E-state index is 13.7. The monoisotopic (exact) mass is 416 g/mol. The van der Waals surface area contributed by atoms with Crippen molar-refractivity contribution in [2.75, 3.05) is 16.8 Å². The molecule has 2 amide bonds. The van der Waals surface area contributed by atoms with Crippen molar-refractivity contribution in [2.24, 2.45) is 0 Å². The first kappa shape index (κ1) is 20.3. The Kier molecular flexibility index (Phi) is 5.54. The summed E-state index contributed by atoms with van der Waals surface area (Å²) in [5.74, 6) is -0.747. The SMILES string of the molecule is CCOc1ccc(N2C(=O)C(Nc3cccc(F)c3)=C(c3ccc(C)cc3)C2=O)cc1. The Morgan fingerprint density at radius 3 is 2.29 bits per heavy atom. The highest BCUT2D eigenvalue weighted by molar-refractivity contribution is 6.46. The molecule has 0 spiro atoms. The second-order valence-electron chi connectivity index (χ2n) is 7.12. The number of nitrogens with zero attached hydrogens (tertiary/aromatic N) is 1. The van der Waals surface area contributed by atoms with E-state index in [9.17, 15) is 14.0 Å². The molecule has 4 rings (SSSR count). The molecule has 0 saturated heterocycles. The van der Waals surface area contributed by atoms with E-state index in [1.165, 1.54) is 18.2 Å². The number of carbonyl (C=O) groups is 2. The molecule has 0 radical (unpaired) electrons. The number of hydrogen-bond acceptors (Lipinski definition) is 4. The van der Waals surface area contributed by atoms with Crippen molar-refractivity contribution in [3.63, 3.8) is 0 Å². The maximum Gasteiger partial charge on any atom is 0.282 e. The molecule has 31 heavy (non-hydrogen) atoms. The fourth-order valence-corrected chi connectivity index (χ4v) is 3.44. The van der Waals surface area contributed by atoms with E-state index in [1.807, 2.05) is 26.0 Å². The predicted molar refractivity (Wildman–Crippen MR) is 118 cm³/mol. The summed E-state index contributed by atoms with van der Waals surface area (Å²) in [4.78, 5) is 27.8. The molecule has 0 atom stereocenters. The lowest BCUT2D eigenvalue weighted by Gasteiger charge is -2.16. The summed E-state index contributed by atoms with van der Waals surface area (Å²) >= 11 is 0. The smallest absolute Gasteiger partial charge is 0.282 e. The van der Waals surface area contributed by atoms with Crippen molar-refractivity contribution < 1.29 is 18.7 Å². The van der Waals surface area contributed by atoms with Crippen molar-refractivity contribution in [2.45, 2.75) is 13.8 Å². The fraction of sp³-hybridized carbons (Fsp3) is 0.120. The normalized spacial score (nSPS) is 13.7. The quantitative estimate of drug-likeness (QED) is 0.579. The van der Waals surface area contributed by atoms with Gasteiger partial charge in [-0.3, -0.25) is 9.59 Å². The summed E-state index contributed by atoms with van der Waals surface area (Å²) < 4.78 is 19.1. The van der Waals surface area contributed by atoms with Crippen LogP contribution in [-0.4, -0.2) is 18.4 Å². The van der Waals surface area contributed by atoms with Gasteiger partial charge in [0.05, 0.1) is 17.9 Å². The number of amides is 2. The molecular weight excluding hydrogens is 395 g/mol. The Labute approximate surface area is 179 Å². The fourth-order valence-electron chi connectivity index (χ4n) is 3.44. The second kappa shape index (κ2) is 8.44. The molecule has 3 aromatic carbocycles. The van der Waals surface area contributed by atoms with Gasteiger partial charge in [-0.2, -0.15) is 0 Å². The third kappa shape index (κ3) is 4.05. The highest BCUT2D eigenvalue weighted by atomic mass is 19.1. The average molecular weight is 416 g/mol. The Morgan fingerprint density at radius 1 is 0.935 bits per heavy atom. The van der Waals surface area contributed by atoms with E-state index >= 15 is 0 Å². The van der Waals surface area contributed by atoms with E-state index in [2.05, 4.69) is 5.32 Å². The molecule has 5 nitrogen and oxygen atoms in total. The van der Waals surface area contributed by atoms with Crippen molar-refractivity contribution in [1.82, 2.24) is 0 Å². The van der Waals surface area contributed by atoms with Gasteiger partial charge in [-0.1, -0.05) is 35.9 Å². The summed E-state index contributed by atoms with van der Waals surface area (Å²) in [5.41, 5.74) is 2.80. The summed E-state index contributed by atoms with van der Waals surface area (Å²) in [6, 6.07) is 19.9. The summed E-state index contributed by atoms with van der Waals surface area (Å²) in [6.45, 7) is 4.34. The molecule has 0 aromatic heterocycles. The van der Waals surface area contributed by atoms with E-state index in [-0.39, 0.29) is 11.3 Å². The molecule has 0 bridgehead atoms. The second-order valence-corrected chi connectivity index (χ2v) is 7.12. The number of nitrogens with one attached hydrogen (secondary N) is 1. The lowest BCUT2D eigenvalue weighted by Crippen LogP contribution is -2.32. The lowest BCUT2D eigenvalue weighted by molar-refractivity contribution is -0.120. The van der Waals surface area contributed by atoms with Gasteiger partial charge in [-0.05, 0) is 61.9 Å². The predicted octanol–water partition coefficient (Wildman–Crippen LogP) is 4.93. The highest BCUT2D eigenvalue weighted by Crippen LogP contribution is 2.34. The molecule has 1 aliphatic rings. The van der Waals surface area contributed by atoms with Gasteiger partial charge in [-0.15, -0.1) is 0 Å². The van der Waals surface area contributed by atoms with E-state index in [0.29, 0.717) is 29.3 Å². The van der Waals surface area contributed by atoms with Crippen LogP contribution in [0.2, 0.25) is 0 Å². The van der Waals surface area contributed by atoms with Gasteiger partial charge in [0.15, 0.2) is 0 Å². The minimum absolute atomic E-state index is 0.105. The minimum atomic E-state index is -0.506. The third-order valence-corrected chi connectivity index (χ3v) is 4.92. The number of ether oxygens (including phenoxy) is 1. The first-order valence-electron chi connectivity index (χ1n) is 9.93. The molecule has 0 saturated carbocycles. The summed E-state index contributed by atoms with van der Waals surface area (Å²) in [6.07, 6.45) is 0. The zero-order valence-electron chi connectivity index (χ0n) is 17.2. The Balaban J connectivity index is 1.77. The third-order valence-electron chi connectivity index (χ3n) is 4.92. The number of halogens is 1. The van der Waals surface area contributed by atoms with Gasteiger partial charge >= 0.3 is 0 Å². The van der Waals surface area contributed by atoms with Crippen molar-refractivity contribution >= 4 is 28.8 Å². The van der Waals surface area contributed by atoms with Crippen molar-refractivity contribution in [3.8, 4) is 5.75 Å². The Hall–Kier alpha value is -3.93. The molecule has 0 unspecified atom stereocenters. The van der Waals surface area contributed by atoms with Crippen LogP contribution in [0.5, 0.6) is 5.75 Å². The first-order chi connectivity index (χ1) is 15.0. The van der Waals surface area contributed by atoms with Gasteiger partial charge in [0, 0.05) is 5.69 Å². The van der Waals surface area contributed by atoms with E-state index in [1.54, 1.807) is 42.5 Å². The number of aryl methyl sites for hydroxylation is 1. The zero-order valence-corrected chi connectivity index (χ0v) is 17.2. The first-order valence-corrected chi connectivity index (χ1v) is 9.93. The topological polar surface area (TPSA) is 58.6 Å². The summed E-state index contributed by atoms with van der Waals surface area (Å²) in [5, 5.41) is 2.96. The van der Waals surface area contributed by atoms with Gasteiger partial charge < -0.3 is 10.1 Å². The number of hydrogen-bond donors (Lipinski definition) is 1. The van der Waals surface area contributed by atoms with E-state index < -0.39 is 17.6 Å². The lowest BCUT2D eigenvalue weighted by atomic mass is 10.0. The largest absolute Gasteiger partial charge is 0.494 e. The van der Waals surface area contributed by atoms with Crippen LogP contribution in [0.4, 0.5) is 15.8 Å². The molecule has 1 N–H and O–H groups in total. The van der Waals surface area contributed by atoms with Crippen molar-refractivity contribution in [1.29, 1.82) is 0 Å². The number of benzene rings is 3. The van der Waals surface area contributed by atoms with Crippen LogP contribution in [-0.2, 0) is 9.59 Å². The summed E-state index contributed by atoms with van der Waals surface area (Å²) in [7, 11) is 0. The van der Waals surface area contributed by atoms with Crippen LogP contribution in [0, 0.1) is 12.7 Å². The molecule has 1 aliphatic heterocycles. The van der Waals surface area contributed by atoms with Crippen LogP contribution in [0.15, 0.2) is 78.5 Å². The Bertz CT molecular complexity index is 1170.